The minimum atomic E-state index is -0.468. The molecule has 0 saturated heterocycles. The summed E-state index contributed by atoms with van der Waals surface area (Å²) in [6.07, 6.45) is 0. The Labute approximate surface area is 183 Å². The van der Waals surface area contributed by atoms with Crippen LogP contribution in [0.5, 0.6) is 0 Å². The Kier molecular flexibility index (Phi) is 8.35. The molecule has 0 aromatic heterocycles. The molecule has 0 saturated carbocycles. The Morgan fingerprint density at radius 3 is 2.00 bits per heavy atom. The molecule has 0 bridgehead atoms. The first kappa shape index (κ1) is 25.8. The number of urea groups is 1. The van der Waals surface area contributed by atoms with Crippen molar-refractivity contribution >= 4 is 23.3 Å². The van der Waals surface area contributed by atoms with Crippen LogP contribution in [0.3, 0.4) is 0 Å². The van der Waals surface area contributed by atoms with Gasteiger partial charge in [0.15, 0.2) is 0 Å². The van der Waals surface area contributed by atoms with Gasteiger partial charge in [0.05, 0.1) is 0 Å². The van der Waals surface area contributed by atoms with E-state index in [9.17, 15) is 9.59 Å². The van der Waals surface area contributed by atoms with Gasteiger partial charge in [0.25, 0.3) is 0 Å². The average molecular weight is 419 g/mol. The highest BCUT2D eigenvalue weighted by molar-refractivity contribution is 5.90. The zero-order valence-electron chi connectivity index (χ0n) is 20.8. The summed E-state index contributed by atoms with van der Waals surface area (Å²) in [5.41, 5.74) is 1.94. The highest BCUT2D eigenvalue weighted by Crippen LogP contribution is 2.29. The molecule has 1 atom stereocenters. The first-order valence-corrected chi connectivity index (χ1v) is 10.7. The average Bonchev–Trinajstić information content (AvgIpc) is 2.55. The summed E-state index contributed by atoms with van der Waals surface area (Å²) in [7, 11) is 3.97. The second-order valence-corrected chi connectivity index (χ2v) is 10.7. The topological polar surface area (TPSA) is 64.7 Å². The minimum Gasteiger partial charge on any atom is -0.377 e. The molecule has 0 aliphatic carbocycles. The number of carbonyl (C=O) groups excluding carboxylic acids is 2. The normalized spacial score (nSPS) is 13.1. The van der Waals surface area contributed by atoms with Gasteiger partial charge in [0.2, 0.25) is 5.91 Å². The number of nitrogens with one attached hydrogen (secondary N) is 2. The number of nitrogens with zero attached hydrogens (tertiary/aromatic N) is 2. The fourth-order valence-electron chi connectivity index (χ4n) is 3.10. The smallest absolute Gasteiger partial charge is 0.319 e. The van der Waals surface area contributed by atoms with E-state index >= 15 is 0 Å². The summed E-state index contributed by atoms with van der Waals surface area (Å²) in [4.78, 5) is 29.6. The van der Waals surface area contributed by atoms with Gasteiger partial charge in [-0.2, -0.15) is 0 Å². The summed E-state index contributed by atoms with van der Waals surface area (Å²) < 4.78 is 0. The molecule has 0 spiro atoms. The van der Waals surface area contributed by atoms with Crippen molar-refractivity contribution in [2.45, 2.75) is 80.4 Å². The van der Waals surface area contributed by atoms with Crippen LogP contribution in [-0.2, 0) is 11.3 Å². The molecule has 30 heavy (non-hydrogen) atoms. The molecule has 1 aromatic carbocycles. The van der Waals surface area contributed by atoms with Crippen molar-refractivity contribution in [1.82, 2.24) is 10.2 Å². The van der Waals surface area contributed by atoms with Gasteiger partial charge in [-0.15, -0.1) is 0 Å². The van der Waals surface area contributed by atoms with Crippen molar-refractivity contribution in [3.8, 4) is 0 Å². The predicted octanol–water partition coefficient (Wildman–Crippen LogP) is 5.09. The van der Waals surface area contributed by atoms with Crippen molar-refractivity contribution < 1.29 is 9.59 Å². The number of hydrogen-bond acceptors (Lipinski definition) is 3. The van der Waals surface area contributed by atoms with Crippen molar-refractivity contribution in [1.29, 1.82) is 0 Å². The lowest BCUT2D eigenvalue weighted by molar-refractivity contribution is -0.143. The number of benzene rings is 1. The summed E-state index contributed by atoms with van der Waals surface area (Å²) in [6, 6.07) is 5.69. The van der Waals surface area contributed by atoms with Crippen LogP contribution >= 0.6 is 0 Å². The lowest BCUT2D eigenvalue weighted by Gasteiger charge is -2.37. The van der Waals surface area contributed by atoms with Crippen molar-refractivity contribution in [2.24, 2.45) is 11.3 Å². The zero-order chi connectivity index (χ0) is 23.4. The SMILES string of the molecule is CC(C)C(C)N(Cc1cc(NC(=O)NC(C)(C)C)ccc1N(C)C)C(=O)C(C)(C)C. The third-order valence-corrected chi connectivity index (χ3v) is 5.01. The maximum absolute atomic E-state index is 13.2. The molecular formula is C24H42N4O2. The Morgan fingerprint density at radius 2 is 1.57 bits per heavy atom. The number of rotatable bonds is 6. The third kappa shape index (κ3) is 7.54. The van der Waals surface area contributed by atoms with E-state index in [-0.39, 0.29) is 23.5 Å². The second kappa shape index (κ2) is 9.71. The van der Waals surface area contributed by atoms with Gasteiger partial charge >= 0.3 is 6.03 Å². The monoisotopic (exact) mass is 418 g/mol. The van der Waals surface area contributed by atoms with Crippen LogP contribution < -0.4 is 15.5 Å². The lowest BCUT2D eigenvalue weighted by Crippen LogP contribution is -2.46. The molecule has 0 aliphatic rings. The fraction of sp³-hybridized carbons (Fsp3) is 0.667. The predicted molar refractivity (Wildman–Crippen MR) is 127 cm³/mol. The molecular weight excluding hydrogens is 376 g/mol. The van der Waals surface area contributed by atoms with Crippen LogP contribution in [0.2, 0.25) is 0 Å². The minimum absolute atomic E-state index is 0.0903. The van der Waals surface area contributed by atoms with Crippen molar-refractivity contribution in [2.75, 3.05) is 24.3 Å². The Balaban J connectivity index is 3.30. The van der Waals surface area contributed by atoms with E-state index in [1.165, 1.54) is 0 Å². The van der Waals surface area contributed by atoms with Crippen molar-refractivity contribution in [3.05, 3.63) is 23.8 Å². The Hall–Kier alpha value is -2.24. The molecule has 1 rings (SSSR count). The van der Waals surface area contributed by atoms with E-state index in [1.807, 2.05) is 83.6 Å². The maximum Gasteiger partial charge on any atom is 0.319 e. The van der Waals surface area contributed by atoms with E-state index < -0.39 is 5.41 Å². The Morgan fingerprint density at radius 1 is 1.00 bits per heavy atom. The van der Waals surface area contributed by atoms with E-state index in [0.717, 1.165) is 11.3 Å². The molecule has 6 nitrogen and oxygen atoms in total. The number of amides is 3. The molecule has 0 aliphatic heterocycles. The van der Waals surface area contributed by atoms with Crippen LogP contribution in [0.25, 0.3) is 0 Å². The van der Waals surface area contributed by atoms with Crippen molar-refractivity contribution in [3.63, 3.8) is 0 Å². The van der Waals surface area contributed by atoms with Crippen LogP contribution in [-0.4, -0.2) is 42.5 Å². The highest BCUT2D eigenvalue weighted by atomic mass is 16.2. The van der Waals surface area contributed by atoms with Gasteiger partial charge < -0.3 is 20.4 Å². The number of anilines is 2. The quantitative estimate of drug-likeness (QED) is 0.676. The fourth-order valence-corrected chi connectivity index (χ4v) is 3.10. The highest BCUT2D eigenvalue weighted by Gasteiger charge is 2.32. The molecule has 0 heterocycles. The number of carbonyl (C=O) groups is 2. The van der Waals surface area contributed by atoms with Crippen LogP contribution in [0.4, 0.5) is 16.2 Å². The Bertz CT molecular complexity index is 743. The van der Waals surface area contributed by atoms with E-state index in [2.05, 4.69) is 31.4 Å². The third-order valence-electron chi connectivity index (χ3n) is 5.01. The summed E-state index contributed by atoms with van der Waals surface area (Å²) >= 11 is 0. The molecule has 1 unspecified atom stereocenters. The maximum atomic E-state index is 13.2. The summed E-state index contributed by atoms with van der Waals surface area (Å²) in [5, 5.41) is 5.83. The van der Waals surface area contributed by atoms with Gasteiger partial charge in [-0.1, -0.05) is 34.6 Å². The van der Waals surface area contributed by atoms with Gasteiger partial charge in [-0.05, 0) is 57.4 Å². The van der Waals surface area contributed by atoms with Crippen LogP contribution in [0.15, 0.2) is 18.2 Å². The van der Waals surface area contributed by atoms with Gasteiger partial charge in [-0.3, -0.25) is 4.79 Å². The van der Waals surface area contributed by atoms with E-state index in [4.69, 9.17) is 0 Å². The lowest BCUT2D eigenvalue weighted by atomic mass is 9.92. The van der Waals surface area contributed by atoms with Gasteiger partial charge in [-0.25, -0.2) is 4.79 Å². The molecule has 1 aromatic rings. The standard InChI is InChI=1S/C24H42N4O2/c1-16(2)17(3)28(21(29)23(4,5)6)15-18-14-19(12-13-20(18)27(10)11)25-22(30)26-24(7,8)9/h12-14,16-17H,15H2,1-11H3,(H2,25,26,30). The molecule has 0 fully saturated rings. The van der Waals surface area contributed by atoms with Crippen LogP contribution in [0.1, 0.15) is 67.9 Å². The molecule has 6 heteroatoms. The second-order valence-electron chi connectivity index (χ2n) is 10.7. The van der Waals surface area contributed by atoms with Gasteiger partial charge in [0, 0.05) is 49.0 Å². The van der Waals surface area contributed by atoms with Gasteiger partial charge in [0.1, 0.15) is 0 Å². The zero-order valence-corrected chi connectivity index (χ0v) is 20.8. The first-order chi connectivity index (χ1) is 13.5. The molecule has 3 amide bonds. The summed E-state index contributed by atoms with van der Waals surface area (Å²) in [6.45, 7) is 18.5. The first-order valence-electron chi connectivity index (χ1n) is 10.7. The largest absolute Gasteiger partial charge is 0.377 e. The molecule has 0 radical (unpaired) electrons. The van der Waals surface area contributed by atoms with E-state index in [0.29, 0.717) is 18.2 Å². The van der Waals surface area contributed by atoms with Crippen LogP contribution in [0, 0.1) is 11.3 Å². The molecule has 2 N–H and O–H groups in total. The van der Waals surface area contributed by atoms with E-state index in [1.54, 1.807) is 0 Å². The number of hydrogen-bond donors (Lipinski definition) is 2. The molecule has 170 valence electrons. The summed E-state index contributed by atoms with van der Waals surface area (Å²) in [5.74, 6) is 0.454.